The highest BCUT2D eigenvalue weighted by Gasteiger charge is 2.17. The first-order valence-electron chi connectivity index (χ1n) is 5.17. The number of aromatic amines is 1. The molecule has 0 atom stereocenters. The SMILES string of the molecule is COc1ccc(S(=O)(=O)Nc2[nH]ncc2C#N)cc1. The molecular weight excluding hydrogens is 268 g/mol. The number of H-pyrrole nitrogens is 1. The molecule has 1 aromatic carbocycles. The van der Waals surface area contributed by atoms with Crippen LogP contribution < -0.4 is 9.46 Å². The monoisotopic (exact) mass is 278 g/mol. The van der Waals surface area contributed by atoms with Gasteiger partial charge in [-0.25, -0.2) is 8.42 Å². The molecule has 0 bridgehead atoms. The number of hydrogen-bond donors (Lipinski definition) is 2. The second-order valence-electron chi connectivity index (χ2n) is 3.55. The van der Waals surface area contributed by atoms with Crippen molar-refractivity contribution in [2.24, 2.45) is 0 Å². The Morgan fingerprint density at radius 2 is 2.05 bits per heavy atom. The molecule has 0 amide bonds. The van der Waals surface area contributed by atoms with Crippen molar-refractivity contribution in [2.45, 2.75) is 4.90 Å². The van der Waals surface area contributed by atoms with Crippen molar-refractivity contribution in [3.8, 4) is 11.8 Å². The van der Waals surface area contributed by atoms with E-state index in [1.54, 1.807) is 0 Å². The predicted octanol–water partition coefficient (Wildman–Crippen LogP) is 1.09. The summed E-state index contributed by atoms with van der Waals surface area (Å²) < 4.78 is 31.3. The van der Waals surface area contributed by atoms with Crippen LogP contribution in [0.25, 0.3) is 0 Å². The number of nitriles is 1. The maximum Gasteiger partial charge on any atom is 0.263 e. The van der Waals surface area contributed by atoms with Crippen molar-refractivity contribution in [3.63, 3.8) is 0 Å². The topological polar surface area (TPSA) is 108 Å². The number of nitrogens with one attached hydrogen (secondary N) is 2. The van der Waals surface area contributed by atoms with E-state index in [2.05, 4.69) is 14.9 Å². The molecular formula is C11H10N4O3S. The first-order chi connectivity index (χ1) is 9.06. The first-order valence-corrected chi connectivity index (χ1v) is 6.65. The molecule has 2 aromatic rings. The van der Waals surface area contributed by atoms with Crippen LogP contribution in [-0.2, 0) is 10.0 Å². The van der Waals surface area contributed by atoms with Crippen molar-refractivity contribution in [1.29, 1.82) is 5.26 Å². The minimum Gasteiger partial charge on any atom is -0.497 e. The molecule has 7 nitrogen and oxygen atoms in total. The molecule has 2 N–H and O–H groups in total. The van der Waals surface area contributed by atoms with Crippen LogP contribution in [0.3, 0.4) is 0 Å². The number of methoxy groups -OCH3 is 1. The average Bonchev–Trinajstić information content (AvgIpc) is 2.85. The van der Waals surface area contributed by atoms with Gasteiger partial charge in [0.15, 0.2) is 5.82 Å². The van der Waals surface area contributed by atoms with Crippen LogP contribution in [0.15, 0.2) is 35.4 Å². The van der Waals surface area contributed by atoms with Gasteiger partial charge in [-0.2, -0.15) is 10.4 Å². The van der Waals surface area contributed by atoms with Gasteiger partial charge in [0.1, 0.15) is 17.4 Å². The average molecular weight is 278 g/mol. The maximum atomic E-state index is 12.1. The third-order valence-electron chi connectivity index (χ3n) is 2.37. The van der Waals surface area contributed by atoms with Gasteiger partial charge < -0.3 is 4.74 Å². The molecule has 2 rings (SSSR count). The number of aromatic nitrogens is 2. The lowest BCUT2D eigenvalue weighted by Gasteiger charge is -2.07. The Labute approximate surface area is 109 Å². The molecule has 0 fully saturated rings. The smallest absolute Gasteiger partial charge is 0.263 e. The molecule has 8 heteroatoms. The number of benzene rings is 1. The summed E-state index contributed by atoms with van der Waals surface area (Å²) in [6, 6.07) is 7.71. The largest absolute Gasteiger partial charge is 0.497 e. The van der Waals surface area contributed by atoms with E-state index in [0.29, 0.717) is 5.75 Å². The summed E-state index contributed by atoms with van der Waals surface area (Å²) in [5, 5.41) is 14.8. The van der Waals surface area contributed by atoms with E-state index in [9.17, 15) is 8.42 Å². The third-order valence-corrected chi connectivity index (χ3v) is 3.73. The van der Waals surface area contributed by atoms with Crippen LogP contribution in [0.4, 0.5) is 5.82 Å². The molecule has 0 aliphatic carbocycles. The molecule has 0 spiro atoms. The molecule has 19 heavy (non-hydrogen) atoms. The summed E-state index contributed by atoms with van der Waals surface area (Å²) in [4.78, 5) is 0.0618. The number of nitrogens with zero attached hydrogens (tertiary/aromatic N) is 2. The minimum absolute atomic E-state index is 0.0401. The highest BCUT2D eigenvalue weighted by molar-refractivity contribution is 7.92. The van der Waals surface area contributed by atoms with Crippen LogP contribution >= 0.6 is 0 Å². The van der Waals surface area contributed by atoms with Gasteiger partial charge in [-0.3, -0.25) is 9.82 Å². The zero-order chi connectivity index (χ0) is 13.9. The van der Waals surface area contributed by atoms with Gasteiger partial charge in [-0.05, 0) is 24.3 Å². The van der Waals surface area contributed by atoms with Crippen molar-refractivity contribution in [1.82, 2.24) is 10.2 Å². The standard InChI is InChI=1S/C11H10N4O3S/c1-18-9-2-4-10(5-3-9)19(16,17)15-11-8(6-12)7-13-14-11/h2-5,7H,1H3,(H2,13,14,15). The zero-order valence-electron chi connectivity index (χ0n) is 9.91. The van der Waals surface area contributed by atoms with Gasteiger partial charge >= 0.3 is 0 Å². The highest BCUT2D eigenvalue weighted by atomic mass is 32.2. The molecule has 0 saturated heterocycles. The lowest BCUT2D eigenvalue weighted by Crippen LogP contribution is -2.13. The van der Waals surface area contributed by atoms with Crippen LogP contribution in [0.5, 0.6) is 5.75 Å². The fourth-order valence-electron chi connectivity index (χ4n) is 1.40. The Morgan fingerprint density at radius 1 is 1.37 bits per heavy atom. The summed E-state index contributed by atoms with van der Waals surface area (Å²) in [6.07, 6.45) is 1.24. The van der Waals surface area contributed by atoms with Gasteiger partial charge in [-0.15, -0.1) is 0 Å². The summed E-state index contributed by atoms with van der Waals surface area (Å²) in [6.45, 7) is 0. The molecule has 0 radical (unpaired) electrons. The summed E-state index contributed by atoms with van der Waals surface area (Å²) in [5.74, 6) is 0.594. The van der Waals surface area contributed by atoms with Gasteiger partial charge in [0.2, 0.25) is 0 Å². The Morgan fingerprint density at radius 3 is 2.63 bits per heavy atom. The summed E-state index contributed by atoms with van der Waals surface area (Å²) in [5.41, 5.74) is 0.122. The van der Waals surface area contributed by atoms with Crippen molar-refractivity contribution >= 4 is 15.8 Å². The van der Waals surface area contributed by atoms with E-state index in [0.717, 1.165) is 0 Å². The summed E-state index contributed by atoms with van der Waals surface area (Å²) >= 11 is 0. The molecule has 98 valence electrons. The van der Waals surface area contributed by atoms with Crippen LogP contribution in [0.1, 0.15) is 5.56 Å². The van der Waals surface area contributed by atoms with Gasteiger partial charge in [0.05, 0.1) is 18.2 Å². The number of sulfonamides is 1. The van der Waals surface area contributed by atoms with E-state index in [4.69, 9.17) is 10.00 Å². The van der Waals surface area contributed by atoms with Crippen molar-refractivity contribution in [2.75, 3.05) is 11.8 Å². The highest BCUT2D eigenvalue weighted by Crippen LogP contribution is 2.19. The van der Waals surface area contributed by atoms with Gasteiger partial charge in [0, 0.05) is 0 Å². The Kier molecular flexibility index (Phi) is 3.39. The molecule has 0 aliphatic rings. The van der Waals surface area contributed by atoms with E-state index >= 15 is 0 Å². The minimum atomic E-state index is -3.77. The van der Waals surface area contributed by atoms with Crippen molar-refractivity contribution in [3.05, 3.63) is 36.0 Å². The third kappa shape index (κ3) is 2.66. The predicted molar refractivity (Wildman–Crippen MR) is 67.1 cm³/mol. The van der Waals surface area contributed by atoms with E-state index in [1.807, 2.05) is 6.07 Å². The molecule has 0 unspecified atom stereocenters. The summed E-state index contributed by atoms with van der Waals surface area (Å²) in [7, 11) is -2.28. The van der Waals surface area contributed by atoms with E-state index in [1.165, 1.54) is 37.6 Å². The fourth-order valence-corrected chi connectivity index (χ4v) is 2.43. The molecule has 0 aliphatic heterocycles. The fraction of sp³-hybridized carbons (Fsp3) is 0.0909. The maximum absolute atomic E-state index is 12.1. The van der Waals surface area contributed by atoms with E-state index in [-0.39, 0.29) is 16.3 Å². The number of hydrogen-bond acceptors (Lipinski definition) is 5. The molecule has 1 heterocycles. The molecule has 0 saturated carbocycles. The van der Waals surface area contributed by atoms with Crippen LogP contribution in [0.2, 0.25) is 0 Å². The Hall–Kier alpha value is -2.53. The van der Waals surface area contributed by atoms with E-state index < -0.39 is 10.0 Å². The number of anilines is 1. The number of rotatable bonds is 4. The lowest BCUT2D eigenvalue weighted by atomic mass is 10.3. The zero-order valence-corrected chi connectivity index (χ0v) is 10.7. The molecule has 1 aromatic heterocycles. The van der Waals surface area contributed by atoms with Crippen molar-refractivity contribution < 1.29 is 13.2 Å². The van der Waals surface area contributed by atoms with Crippen LogP contribution in [0, 0.1) is 11.3 Å². The normalized spacial score (nSPS) is 10.7. The quantitative estimate of drug-likeness (QED) is 0.870. The second kappa shape index (κ2) is 4.99. The van der Waals surface area contributed by atoms with Gasteiger partial charge in [-0.1, -0.05) is 0 Å². The Balaban J connectivity index is 2.30. The van der Waals surface area contributed by atoms with Gasteiger partial charge in [0.25, 0.3) is 10.0 Å². The first kappa shape index (κ1) is 12.9. The second-order valence-corrected chi connectivity index (χ2v) is 5.23. The van der Waals surface area contributed by atoms with Crippen LogP contribution in [-0.4, -0.2) is 25.7 Å². The number of ether oxygens (including phenoxy) is 1. The lowest BCUT2D eigenvalue weighted by molar-refractivity contribution is 0.414. The Bertz CT molecular complexity index is 713.